The van der Waals surface area contributed by atoms with E-state index in [2.05, 4.69) is 11.4 Å². The average molecular weight is 513 g/mol. The number of nitrogens with zero attached hydrogens (tertiary/aromatic N) is 2. The fraction of sp³-hybridized carbons (Fsp3) is 0.143. The van der Waals surface area contributed by atoms with E-state index >= 15 is 0 Å². The first-order valence-electron chi connectivity index (χ1n) is 11.4. The zero-order valence-corrected chi connectivity index (χ0v) is 20.8. The van der Waals surface area contributed by atoms with Crippen LogP contribution >= 0.6 is 0 Å². The van der Waals surface area contributed by atoms with Gasteiger partial charge in [0.25, 0.3) is 5.91 Å². The van der Waals surface area contributed by atoms with Crippen LogP contribution in [0.25, 0.3) is 0 Å². The van der Waals surface area contributed by atoms with Crippen LogP contribution in [0.2, 0.25) is 0 Å². The summed E-state index contributed by atoms with van der Waals surface area (Å²) < 4.78 is 15.3. The van der Waals surface area contributed by atoms with Crippen LogP contribution in [-0.2, 0) is 19.1 Å². The molecule has 2 aromatic carbocycles. The molecule has 0 saturated carbocycles. The van der Waals surface area contributed by atoms with Crippen LogP contribution in [0.15, 0.2) is 94.0 Å². The number of benzene rings is 2. The second-order valence-electron chi connectivity index (χ2n) is 8.27. The van der Waals surface area contributed by atoms with E-state index in [4.69, 9.17) is 19.6 Å². The fourth-order valence-electron chi connectivity index (χ4n) is 4.29. The summed E-state index contributed by atoms with van der Waals surface area (Å²) in [6.07, 6.45) is 1.38. The van der Waals surface area contributed by atoms with Crippen molar-refractivity contribution in [2.45, 2.75) is 12.8 Å². The molecule has 38 heavy (non-hydrogen) atoms. The van der Waals surface area contributed by atoms with Crippen molar-refractivity contribution >= 4 is 29.2 Å². The summed E-state index contributed by atoms with van der Waals surface area (Å²) in [6.45, 7) is 1.75. The lowest BCUT2D eigenvalue weighted by atomic mass is 9.80. The van der Waals surface area contributed by atoms with Crippen molar-refractivity contribution in [2.75, 3.05) is 24.4 Å². The third-order valence-electron chi connectivity index (χ3n) is 6.06. The number of aryl methyl sites for hydroxylation is 1. The molecule has 1 aromatic heterocycles. The predicted octanol–water partition coefficient (Wildman–Crippen LogP) is 3.74. The van der Waals surface area contributed by atoms with Crippen molar-refractivity contribution in [3.05, 3.63) is 106 Å². The Morgan fingerprint density at radius 1 is 1.03 bits per heavy atom. The van der Waals surface area contributed by atoms with Gasteiger partial charge in [-0.3, -0.25) is 9.69 Å². The Labute approximate surface area is 218 Å². The molecule has 0 spiro atoms. The number of carbonyl (C=O) groups excluding carboxylic acids is 3. The molecule has 1 aliphatic heterocycles. The zero-order chi connectivity index (χ0) is 27.4. The first-order valence-corrected chi connectivity index (χ1v) is 11.4. The molecule has 1 unspecified atom stereocenters. The van der Waals surface area contributed by atoms with Crippen LogP contribution < -0.4 is 16.0 Å². The highest BCUT2D eigenvalue weighted by molar-refractivity contribution is 6.07. The number of methoxy groups -OCH3 is 2. The minimum absolute atomic E-state index is 0.0358. The summed E-state index contributed by atoms with van der Waals surface area (Å²) in [5.74, 6) is -3.15. The monoisotopic (exact) mass is 512 g/mol. The summed E-state index contributed by atoms with van der Waals surface area (Å²) in [4.78, 5) is 40.3. The molecule has 0 fully saturated rings. The fourth-order valence-corrected chi connectivity index (χ4v) is 4.29. The number of esters is 2. The minimum Gasteiger partial charge on any atom is -0.466 e. The van der Waals surface area contributed by atoms with E-state index in [1.54, 1.807) is 61.5 Å². The predicted molar refractivity (Wildman–Crippen MR) is 137 cm³/mol. The molecular formula is C28H24N4O6. The van der Waals surface area contributed by atoms with E-state index in [9.17, 15) is 19.6 Å². The van der Waals surface area contributed by atoms with Crippen molar-refractivity contribution in [3.8, 4) is 6.07 Å². The van der Waals surface area contributed by atoms with Crippen molar-refractivity contribution < 1.29 is 28.3 Å². The Kier molecular flexibility index (Phi) is 7.30. The Morgan fingerprint density at radius 2 is 1.74 bits per heavy atom. The first kappa shape index (κ1) is 25.8. The van der Waals surface area contributed by atoms with E-state index in [0.717, 1.165) is 0 Å². The number of hydrogen-bond acceptors (Lipinski definition) is 9. The highest BCUT2D eigenvalue weighted by Gasteiger charge is 2.43. The molecular weight excluding hydrogens is 488 g/mol. The van der Waals surface area contributed by atoms with Crippen molar-refractivity contribution in [3.63, 3.8) is 0 Å². The molecule has 10 nitrogen and oxygen atoms in total. The molecule has 1 amide bonds. The van der Waals surface area contributed by atoms with E-state index in [-0.39, 0.29) is 28.4 Å². The van der Waals surface area contributed by atoms with Crippen LogP contribution in [0.5, 0.6) is 0 Å². The largest absolute Gasteiger partial charge is 0.466 e. The Hall–Kier alpha value is -5.30. The Morgan fingerprint density at radius 3 is 2.34 bits per heavy atom. The number of amides is 1. The van der Waals surface area contributed by atoms with Crippen LogP contribution in [0, 0.1) is 18.3 Å². The standard InChI is InChI=1S/C28H24N4O6/c1-16-11-12-18(31-26(33)21-10-7-13-38-21)14-20(16)32-24(28(35)37-3)23(27(34)36-2)22(19(15-29)25(32)30)17-8-5-4-6-9-17/h4-14,22H,30H2,1-3H3,(H,31,33). The molecule has 0 aliphatic carbocycles. The number of nitrogens with one attached hydrogen (secondary N) is 1. The third kappa shape index (κ3) is 4.60. The van der Waals surface area contributed by atoms with E-state index in [0.29, 0.717) is 22.5 Å². The summed E-state index contributed by atoms with van der Waals surface area (Å²) >= 11 is 0. The number of allylic oxidation sites excluding steroid dienone is 1. The van der Waals surface area contributed by atoms with Crippen LogP contribution in [0.4, 0.5) is 11.4 Å². The number of anilines is 2. The molecule has 0 saturated heterocycles. The normalized spacial score (nSPS) is 15.1. The lowest BCUT2D eigenvalue weighted by molar-refractivity contribution is -0.139. The quantitative estimate of drug-likeness (QED) is 0.471. The van der Waals surface area contributed by atoms with E-state index in [1.165, 1.54) is 31.4 Å². The molecule has 10 heteroatoms. The minimum atomic E-state index is -0.985. The number of hydrogen-bond donors (Lipinski definition) is 2. The zero-order valence-electron chi connectivity index (χ0n) is 20.8. The van der Waals surface area contributed by atoms with Gasteiger partial charge in [0, 0.05) is 5.69 Å². The molecule has 0 radical (unpaired) electrons. The SMILES string of the molecule is COC(=O)C1=C(C(=O)OC)N(c2cc(NC(=O)c3ccco3)ccc2C)C(N)=C(C#N)C1c1ccccc1. The molecule has 1 atom stereocenters. The number of rotatable bonds is 6. The molecule has 1 aliphatic rings. The van der Waals surface area contributed by atoms with Crippen LogP contribution in [-0.4, -0.2) is 32.1 Å². The molecule has 3 aromatic rings. The molecule has 2 heterocycles. The van der Waals surface area contributed by atoms with E-state index in [1.807, 2.05) is 0 Å². The Bertz CT molecular complexity index is 1500. The van der Waals surface area contributed by atoms with Gasteiger partial charge in [-0.2, -0.15) is 5.26 Å². The topological polar surface area (TPSA) is 148 Å². The first-order chi connectivity index (χ1) is 18.3. The summed E-state index contributed by atoms with van der Waals surface area (Å²) in [5.41, 5.74) is 8.16. The molecule has 192 valence electrons. The highest BCUT2D eigenvalue weighted by Crippen LogP contribution is 2.44. The van der Waals surface area contributed by atoms with Gasteiger partial charge in [-0.05, 0) is 42.3 Å². The third-order valence-corrected chi connectivity index (χ3v) is 6.06. The average Bonchev–Trinajstić information content (AvgIpc) is 3.48. The van der Waals surface area contributed by atoms with Crippen molar-refractivity contribution in [2.24, 2.45) is 5.73 Å². The van der Waals surface area contributed by atoms with Gasteiger partial charge in [0.2, 0.25) is 0 Å². The van der Waals surface area contributed by atoms with Gasteiger partial charge in [0.15, 0.2) is 5.76 Å². The van der Waals surface area contributed by atoms with E-state index < -0.39 is 23.8 Å². The maximum atomic E-state index is 13.3. The van der Waals surface area contributed by atoms with Crippen LogP contribution in [0.1, 0.15) is 27.6 Å². The smallest absolute Gasteiger partial charge is 0.355 e. The van der Waals surface area contributed by atoms with Gasteiger partial charge in [-0.15, -0.1) is 0 Å². The number of furan rings is 1. The van der Waals surface area contributed by atoms with Gasteiger partial charge in [-0.25, -0.2) is 9.59 Å². The second-order valence-corrected chi connectivity index (χ2v) is 8.27. The maximum absolute atomic E-state index is 13.3. The Balaban J connectivity index is 1.96. The lowest BCUT2D eigenvalue weighted by Crippen LogP contribution is -2.41. The van der Waals surface area contributed by atoms with Crippen molar-refractivity contribution in [1.82, 2.24) is 0 Å². The number of carbonyl (C=O) groups is 3. The highest BCUT2D eigenvalue weighted by atomic mass is 16.5. The second kappa shape index (κ2) is 10.8. The van der Waals surface area contributed by atoms with Crippen LogP contribution in [0.3, 0.4) is 0 Å². The summed E-state index contributed by atoms with van der Waals surface area (Å²) in [7, 11) is 2.35. The number of nitriles is 1. The number of nitrogens with two attached hydrogens (primary N) is 1. The summed E-state index contributed by atoms with van der Waals surface area (Å²) in [6, 6.07) is 18.8. The molecule has 0 bridgehead atoms. The lowest BCUT2D eigenvalue weighted by Gasteiger charge is -2.36. The van der Waals surface area contributed by atoms with Gasteiger partial charge in [0.1, 0.15) is 11.5 Å². The van der Waals surface area contributed by atoms with Gasteiger partial charge < -0.3 is 24.9 Å². The molecule has 4 rings (SSSR count). The number of ether oxygens (including phenoxy) is 2. The molecule has 3 N–H and O–H groups in total. The van der Waals surface area contributed by atoms with Gasteiger partial charge >= 0.3 is 11.9 Å². The van der Waals surface area contributed by atoms with Crippen molar-refractivity contribution in [1.29, 1.82) is 5.26 Å². The van der Waals surface area contributed by atoms with Gasteiger partial charge in [-0.1, -0.05) is 36.4 Å². The summed E-state index contributed by atoms with van der Waals surface area (Å²) in [5, 5.41) is 12.9. The van der Waals surface area contributed by atoms with Gasteiger partial charge in [0.05, 0.1) is 49.3 Å². The maximum Gasteiger partial charge on any atom is 0.355 e.